The number of carbonyl (C=O) groups is 4. The number of rotatable bonds is 4. The van der Waals surface area contributed by atoms with Crippen LogP contribution in [0, 0.1) is 0 Å². The van der Waals surface area contributed by atoms with Crippen LogP contribution in [0.5, 0.6) is 0 Å². The number of carbonyl (C=O) groups excluding carboxylic acids is 4. The van der Waals surface area contributed by atoms with Crippen molar-refractivity contribution < 1.29 is 23.9 Å². The molecule has 3 atom stereocenters. The van der Waals surface area contributed by atoms with Gasteiger partial charge in [-0.2, -0.15) is 0 Å². The van der Waals surface area contributed by atoms with Crippen LogP contribution in [-0.2, 0) is 19.1 Å². The third-order valence-corrected chi connectivity index (χ3v) is 5.67. The van der Waals surface area contributed by atoms with E-state index in [4.69, 9.17) is 10.5 Å². The number of nitrogens with two attached hydrogens (primary N) is 1. The molecular formula is C17H28N4O5S. The minimum absolute atomic E-state index is 0.0821. The molecule has 0 aliphatic carbocycles. The summed E-state index contributed by atoms with van der Waals surface area (Å²) in [7, 11) is 1.46. The topological polar surface area (TPSA) is 122 Å². The summed E-state index contributed by atoms with van der Waals surface area (Å²) in [5, 5.41) is 2.60. The summed E-state index contributed by atoms with van der Waals surface area (Å²) in [6, 6.07) is -1.36. The van der Waals surface area contributed by atoms with Gasteiger partial charge in [-0.05, 0) is 45.8 Å². The lowest BCUT2D eigenvalue weighted by molar-refractivity contribution is -0.141. The normalized spacial score (nSPS) is 25.4. The Morgan fingerprint density at radius 3 is 2.56 bits per heavy atom. The van der Waals surface area contributed by atoms with E-state index in [0.29, 0.717) is 25.0 Å². The third kappa shape index (κ3) is 5.50. The number of likely N-dealkylation sites (N-methyl/N-ethyl adjacent to an activating group) is 1. The van der Waals surface area contributed by atoms with Gasteiger partial charge in [-0.3, -0.25) is 14.4 Å². The fourth-order valence-corrected chi connectivity index (χ4v) is 4.49. The largest absolute Gasteiger partial charge is 0.444 e. The van der Waals surface area contributed by atoms with Gasteiger partial charge in [-0.15, -0.1) is 11.8 Å². The SMILES string of the molecule is CN(CC(=O)N[C@H]1CCS[C@H]2CC[C@H](C(N)=O)N2C1=O)C(=O)OC(C)(C)C. The Morgan fingerprint density at radius 1 is 1.30 bits per heavy atom. The van der Waals surface area contributed by atoms with Crippen LogP contribution in [0.2, 0.25) is 0 Å². The smallest absolute Gasteiger partial charge is 0.410 e. The molecule has 0 aromatic rings. The molecule has 0 saturated carbocycles. The van der Waals surface area contributed by atoms with E-state index in [-0.39, 0.29) is 17.8 Å². The number of thioether (sulfide) groups is 1. The van der Waals surface area contributed by atoms with Crippen molar-refractivity contribution in [3.05, 3.63) is 0 Å². The van der Waals surface area contributed by atoms with Crippen LogP contribution in [0.1, 0.15) is 40.0 Å². The van der Waals surface area contributed by atoms with Crippen LogP contribution in [0.25, 0.3) is 0 Å². The first kappa shape index (κ1) is 21.3. The summed E-state index contributed by atoms with van der Waals surface area (Å²) in [6.45, 7) is 4.99. The minimum atomic E-state index is -0.734. The van der Waals surface area contributed by atoms with Crippen molar-refractivity contribution >= 4 is 35.6 Å². The second-order valence-corrected chi connectivity index (χ2v) is 9.10. The first-order valence-electron chi connectivity index (χ1n) is 8.96. The summed E-state index contributed by atoms with van der Waals surface area (Å²) in [5.41, 5.74) is 4.76. The minimum Gasteiger partial charge on any atom is -0.444 e. The summed E-state index contributed by atoms with van der Waals surface area (Å²) >= 11 is 1.60. The number of nitrogens with zero attached hydrogens (tertiary/aromatic N) is 2. The zero-order valence-corrected chi connectivity index (χ0v) is 17.0. The van der Waals surface area contributed by atoms with E-state index >= 15 is 0 Å². The Morgan fingerprint density at radius 2 is 1.96 bits per heavy atom. The number of hydrogen-bond donors (Lipinski definition) is 2. The number of fused-ring (bicyclic) bond motifs is 1. The van der Waals surface area contributed by atoms with E-state index in [1.165, 1.54) is 11.9 Å². The van der Waals surface area contributed by atoms with E-state index < -0.39 is 35.6 Å². The molecule has 2 aliphatic rings. The van der Waals surface area contributed by atoms with Crippen LogP contribution in [-0.4, -0.2) is 76.0 Å². The van der Waals surface area contributed by atoms with Gasteiger partial charge < -0.3 is 25.6 Å². The Kier molecular flexibility index (Phi) is 6.61. The first-order chi connectivity index (χ1) is 12.5. The summed E-state index contributed by atoms with van der Waals surface area (Å²) in [6.07, 6.45) is 1.10. The Hall–Kier alpha value is -1.97. The highest BCUT2D eigenvalue weighted by atomic mass is 32.2. The van der Waals surface area contributed by atoms with Crippen LogP contribution < -0.4 is 11.1 Å². The molecule has 0 spiro atoms. The fourth-order valence-electron chi connectivity index (χ4n) is 3.14. The van der Waals surface area contributed by atoms with E-state index in [2.05, 4.69) is 5.32 Å². The summed E-state index contributed by atoms with van der Waals surface area (Å²) in [4.78, 5) is 51.5. The fraction of sp³-hybridized carbons (Fsp3) is 0.765. The van der Waals surface area contributed by atoms with Gasteiger partial charge in [0.2, 0.25) is 17.7 Å². The van der Waals surface area contributed by atoms with E-state index in [1.54, 1.807) is 32.5 Å². The molecule has 2 rings (SSSR count). The average molecular weight is 401 g/mol. The average Bonchev–Trinajstić information content (AvgIpc) is 2.89. The molecule has 10 heteroatoms. The molecule has 2 heterocycles. The van der Waals surface area contributed by atoms with Gasteiger partial charge in [0.15, 0.2) is 0 Å². The van der Waals surface area contributed by atoms with Crippen molar-refractivity contribution in [1.29, 1.82) is 0 Å². The van der Waals surface area contributed by atoms with Crippen LogP contribution >= 0.6 is 11.8 Å². The molecule has 27 heavy (non-hydrogen) atoms. The van der Waals surface area contributed by atoms with Crippen LogP contribution in [0.4, 0.5) is 4.79 Å². The molecule has 2 aliphatic heterocycles. The maximum Gasteiger partial charge on any atom is 0.410 e. The highest BCUT2D eigenvalue weighted by Gasteiger charge is 2.44. The van der Waals surface area contributed by atoms with E-state index in [0.717, 1.165) is 4.90 Å². The lowest BCUT2D eigenvalue weighted by Gasteiger charge is -2.29. The second-order valence-electron chi connectivity index (χ2n) is 7.81. The van der Waals surface area contributed by atoms with Crippen molar-refractivity contribution in [3.63, 3.8) is 0 Å². The number of nitrogens with one attached hydrogen (secondary N) is 1. The molecule has 0 bridgehead atoms. The highest BCUT2D eigenvalue weighted by molar-refractivity contribution is 7.99. The molecule has 152 valence electrons. The maximum atomic E-state index is 12.9. The Labute approximate surface area is 163 Å². The zero-order valence-electron chi connectivity index (χ0n) is 16.2. The molecule has 4 amide bonds. The lowest BCUT2D eigenvalue weighted by atomic mass is 10.1. The molecule has 0 radical (unpaired) electrons. The van der Waals surface area contributed by atoms with Gasteiger partial charge in [-0.25, -0.2) is 4.79 Å². The highest BCUT2D eigenvalue weighted by Crippen LogP contribution is 2.35. The van der Waals surface area contributed by atoms with Gasteiger partial charge in [0, 0.05) is 7.05 Å². The quantitative estimate of drug-likeness (QED) is 0.699. The zero-order chi connectivity index (χ0) is 20.4. The molecule has 0 aromatic heterocycles. The van der Waals surface area contributed by atoms with Gasteiger partial charge >= 0.3 is 6.09 Å². The molecule has 2 fully saturated rings. The van der Waals surface area contributed by atoms with Crippen molar-refractivity contribution in [1.82, 2.24) is 15.1 Å². The predicted octanol–water partition coefficient (Wildman–Crippen LogP) is 0.277. The molecule has 2 saturated heterocycles. The molecule has 0 aromatic carbocycles. The third-order valence-electron chi connectivity index (χ3n) is 4.35. The molecular weight excluding hydrogens is 372 g/mol. The van der Waals surface area contributed by atoms with Crippen molar-refractivity contribution in [2.75, 3.05) is 19.3 Å². The van der Waals surface area contributed by atoms with Crippen molar-refractivity contribution in [2.24, 2.45) is 5.73 Å². The lowest BCUT2D eigenvalue weighted by Crippen LogP contribution is -2.54. The number of amides is 4. The van der Waals surface area contributed by atoms with Gasteiger partial charge in [0.1, 0.15) is 24.2 Å². The summed E-state index contributed by atoms with van der Waals surface area (Å²) in [5.74, 6) is -0.590. The van der Waals surface area contributed by atoms with Gasteiger partial charge in [-0.1, -0.05) is 0 Å². The van der Waals surface area contributed by atoms with Gasteiger partial charge in [0.05, 0.1) is 5.37 Å². The van der Waals surface area contributed by atoms with Gasteiger partial charge in [0.25, 0.3) is 0 Å². The number of primary amides is 1. The molecule has 0 unspecified atom stereocenters. The molecule has 3 N–H and O–H groups in total. The maximum absolute atomic E-state index is 12.9. The standard InChI is InChI=1S/C17H28N4O5S/c1-17(2,3)26-16(25)20(4)9-12(22)19-10-7-8-27-13-6-5-11(14(18)23)21(13)15(10)24/h10-11,13H,5-9H2,1-4H3,(H2,18,23)(H,19,22)/t10-,11+,13-/m0/s1. The monoisotopic (exact) mass is 400 g/mol. The van der Waals surface area contributed by atoms with Crippen molar-refractivity contribution in [2.45, 2.75) is 63.1 Å². The van der Waals surface area contributed by atoms with E-state index in [9.17, 15) is 19.2 Å². The number of ether oxygens (including phenoxy) is 1. The number of hydrogen-bond acceptors (Lipinski definition) is 6. The van der Waals surface area contributed by atoms with E-state index in [1.807, 2.05) is 0 Å². The Bertz CT molecular complexity index is 621. The van der Waals surface area contributed by atoms with Crippen LogP contribution in [0.15, 0.2) is 0 Å². The van der Waals surface area contributed by atoms with Crippen LogP contribution in [0.3, 0.4) is 0 Å². The Balaban J connectivity index is 1.97. The predicted molar refractivity (Wildman–Crippen MR) is 101 cm³/mol. The second kappa shape index (κ2) is 8.37. The first-order valence-corrected chi connectivity index (χ1v) is 10.0. The summed E-state index contributed by atoms with van der Waals surface area (Å²) < 4.78 is 5.21. The van der Waals surface area contributed by atoms with Crippen molar-refractivity contribution in [3.8, 4) is 0 Å². The molecule has 9 nitrogen and oxygen atoms in total.